The molecule has 2 aromatic rings. The van der Waals surface area contributed by atoms with Gasteiger partial charge in [-0.25, -0.2) is 9.37 Å². The lowest BCUT2D eigenvalue weighted by atomic mass is 9.74. The number of hydrogen-bond donors (Lipinski definition) is 1. The number of nitrogens with zero attached hydrogens (tertiary/aromatic N) is 3. The highest BCUT2D eigenvalue weighted by atomic mass is 32.1. The van der Waals surface area contributed by atoms with E-state index in [0.717, 1.165) is 54.7 Å². The third kappa shape index (κ3) is 4.77. The number of ether oxygens (including phenoxy) is 1. The van der Waals surface area contributed by atoms with Crippen molar-refractivity contribution in [2.75, 3.05) is 31.1 Å². The Morgan fingerprint density at radius 3 is 2.50 bits per heavy atom. The number of thiocarbonyl (C=S) groups is 1. The first kappa shape index (κ1) is 25.5. The molecule has 6 nitrogen and oxygen atoms in total. The van der Waals surface area contributed by atoms with Gasteiger partial charge in [0.1, 0.15) is 24.6 Å². The van der Waals surface area contributed by atoms with Crippen LogP contribution in [0.1, 0.15) is 55.1 Å². The van der Waals surface area contributed by atoms with E-state index in [0.29, 0.717) is 11.3 Å². The van der Waals surface area contributed by atoms with Crippen molar-refractivity contribution in [3.05, 3.63) is 77.1 Å². The van der Waals surface area contributed by atoms with Crippen LogP contribution in [0.4, 0.5) is 11.4 Å². The third-order valence-corrected chi connectivity index (χ3v) is 7.14. The van der Waals surface area contributed by atoms with E-state index in [1.54, 1.807) is 12.1 Å². The van der Waals surface area contributed by atoms with Gasteiger partial charge in [-0.1, -0.05) is 12.1 Å². The van der Waals surface area contributed by atoms with Crippen LogP contribution in [0.25, 0.3) is 0 Å². The summed E-state index contributed by atoms with van der Waals surface area (Å²) in [6, 6.07) is 11.3. The topological polar surface area (TPSA) is 65.1 Å². The Morgan fingerprint density at radius 2 is 1.86 bits per heavy atom. The molecule has 2 aromatic carbocycles. The maximum atomic E-state index is 12.3. The number of aromatic carboxylic acids is 1. The maximum Gasteiger partial charge on any atom is 0.335 e. The Morgan fingerprint density at radius 1 is 1.11 bits per heavy atom. The predicted octanol–water partition coefficient (Wildman–Crippen LogP) is 6.05. The second-order valence-corrected chi connectivity index (χ2v) is 8.97. The number of carboxylic acid groups (broad SMARTS) is 1. The van der Waals surface area contributed by atoms with E-state index < -0.39 is 5.97 Å². The van der Waals surface area contributed by atoms with Crippen LogP contribution in [0.15, 0.2) is 65.4 Å². The first-order valence-corrected chi connectivity index (χ1v) is 12.9. The Hall–Kier alpha value is -3.54. The number of anilines is 1. The number of hydrogen-bond acceptors (Lipinski definition) is 5. The molecular formula is C29H32N3O3S+. The SMILES string of the molecule is CCN(CC)c1ccc2c(c1)OC1=CC(=[N+](CC)CC)C=CC1C2c1cc(N=C=S)ccc1C(=O)O. The minimum absolute atomic E-state index is 0.152. The van der Waals surface area contributed by atoms with Crippen LogP contribution in [0.2, 0.25) is 0 Å². The van der Waals surface area contributed by atoms with Gasteiger partial charge in [-0.2, -0.15) is 4.99 Å². The second kappa shape index (κ2) is 11.0. The molecule has 2 aliphatic rings. The zero-order valence-corrected chi connectivity index (χ0v) is 22.0. The third-order valence-electron chi connectivity index (χ3n) is 7.04. The number of carbonyl (C=O) groups is 1. The van der Waals surface area contributed by atoms with Gasteiger partial charge in [0.05, 0.1) is 16.4 Å². The highest BCUT2D eigenvalue weighted by Crippen LogP contribution is 2.49. The summed E-state index contributed by atoms with van der Waals surface area (Å²) in [5.74, 6) is 0.179. The van der Waals surface area contributed by atoms with Gasteiger partial charge in [0.15, 0.2) is 0 Å². The van der Waals surface area contributed by atoms with Crippen molar-refractivity contribution in [1.29, 1.82) is 0 Å². The van der Waals surface area contributed by atoms with Crippen LogP contribution in [0.5, 0.6) is 5.75 Å². The van der Waals surface area contributed by atoms with Gasteiger partial charge >= 0.3 is 5.97 Å². The minimum Gasteiger partial charge on any atom is -0.478 e. The smallest absolute Gasteiger partial charge is 0.335 e. The summed E-state index contributed by atoms with van der Waals surface area (Å²) in [5.41, 5.74) is 4.63. The molecular weight excluding hydrogens is 470 g/mol. The summed E-state index contributed by atoms with van der Waals surface area (Å²) < 4.78 is 8.83. The summed E-state index contributed by atoms with van der Waals surface area (Å²) in [7, 11) is 0. The molecule has 0 aromatic heterocycles. The van der Waals surface area contributed by atoms with Crippen molar-refractivity contribution in [1.82, 2.24) is 0 Å². The summed E-state index contributed by atoms with van der Waals surface area (Å²) in [6.45, 7) is 12.1. The predicted molar refractivity (Wildman–Crippen MR) is 148 cm³/mol. The lowest BCUT2D eigenvalue weighted by molar-refractivity contribution is -0.519. The molecule has 1 N–H and O–H groups in total. The number of carboxylic acids is 1. The lowest BCUT2D eigenvalue weighted by Crippen LogP contribution is -2.30. The molecule has 4 rings (SSSR count). The monoisotopic (exact) mass is 502 g/mol. The molecule has 2 atom stereocenters. The van der Waals surface area contributed by atoms with Gasteiger partial charge in [0, 0.05) is 54.4 Å². The molecule has 0 spiro atoms. The summed E-state index contributed by atoms with van der Waals surface area (Å²) in [6.07, 6.45) is 6.35. The number of allylic oxidation sites excluding steroid dienone is 3. The molecule has 36 heavy (non-hydrogen) atoms. The van der Waals surface area contributed by atoms with Crippen molar-refractivity contribution < 1.29 is 19.2 Å². The number of benzene rings is 2. The first-order chi connectivity index (χ1) is 17.4. The van der Waals surface area contributed by atoms with Crippen LogP contribution in [0, 0.1) is 5.92 Å². The van der Waals surface area contributed by atoms with Gasteiger partial charge in [-0.3, -0.25) is 0 Å². The fourth-order valence-corrected chi connectivity index (χ4v) is 5.31. The molecule has 1 heterocycles. The molecule has 0 fully saturated rings. The maximum absolute atomic E-state index is 12.3. The molecule has 7 heteroatoms. The molecule has 0 amide bonds. The average Bonchev–Trinajstić information content (AvgIpc) is 2.88. The standard InChI is InChI=1S/C29H31N3O3S/c1-5-31(6-2)20-10-13-23-26(16-20)35-27-17-21(32(7-3)8-4)11-14-24(27)28(23)25-15-19(30-18-36)9-12-22(25)29(33)34/h9-17,23,28H,5-8H2,1-4H3/p+1. The largest absolute Gasteiger partial charge is 0.478 e. The molecule has 186 valence electrons. The second-order valence-electron chi connectivity index (χ2n) is 8.78. The molecule has 1 aliphatic carbocycles. The quantitative estimate of drug-likeness (QED) is 0.270. The van der Waals surface area contributed by atoms with E-state index in [2.05, 4.69) is 83.8 Å². The zero-order valence-electron chi connectivity index (χ0n) is 21.2. The van der Waals surface area contributed by atoms with Gasteiger partial charge < -0.3 is 14.7 Å². The minimum atomic E-state index is -0.976. The van der Waals surface area contributed by atoms with Gasteiger partial charge in [0.25, 0.3) is 0 Å². The highest BCUT2D eigenvalue weighted by molar-refractivity contribution is 7.78. The van der Waals surface area contributed by atoms with Gasteiger partial charge in [0.2, 0.25) is 5.71 Å². The average molecular weight is 503 g/mol. The number of aliphatic imine (C=N–C) groups is 1. The number of isothiocyanates is 1. The van der Waals surface area contributed by atoms with E-state index in [9.17, 15) is 9.90 Å². The van der Waals surface area contributed by atoms with E-state index in [4.69, 9.17) is 17.0 Å². The van der Waals surface area contributed by atoms with E-state index in [1.807, 2.05) is 6.07 Å². The van der Waals surface area contributed by atoms with Crippen molar-refractivity contribution in [2.24, 2.45) is 10.9 Å². The molecule has 0 bridgehead atoms. The summed E-state index contributed by atoms with van der Waals surface area (Å²) in [5, 5.41) is 12.5. The summed E-state index contributed by atoms with van der Waals surface area (Å²) >= 11 is 4.81. The zero-order chi connectivity index (χ0) is 25.8. The fraction of sp³-hybridized carbons (Fsp3) is 0.345. The summed E-state index contributed by atoms with van der Waals surface area (Å²) in [4.78, 5) is 18.7. The van der Waals surface area contributed by atoms with E-state index in [-0.39, 0.29) is 17.4 Å². The van der Waals surface area contributed by atoms with Crippen molar-refractivity contribution in [3.63, 3.8) is 0 Å². The van der Waals surface area contributed by atoms with Crippen molar-refractivity contribution in [3.8, 4) is 5.75 Å². The molecule has 1 aliphatic heterocycles. The molecule has 0 saturated heterocycles. The van der Waals surface area contributed by atoms with Crippen LogP contribution in [-0.4, -0.2) is 52.7 Å². The van der Waals surface area contributed by atoms with Gasteiger partial charge in [-0.05, 0) is 69.7 Å². The Bertz CT molecular complexity index is 1310. The normalized spacial score (nSPS) is 17.8. The van der Waals surface area contributed by atoms with Crippen LogP contribution in [-0.2, 0) is 0 Å². The van der Waals surface area contributed by atoms with Gasteiger partial charge in [-0.15, -0.1) is 0 Å². The Kier molecular flexibility index (Phi) is 7.82. The van der Waals surface area contributed by atoms with Crippen LogP contribution in [0.3, 0.4) is 0 Å². The van der Waals surface area contributed by atoms with Crippen LogP contribution < -0.4 is 9.64 Å². The highest BCUT2D eigenvalue weighted by Gasteiger charge is 2.39. The molecule has 0 saturated carbocycles. The lowest BCUT2D eigenvalue weighted by Gasteiger charge is -2.36. The Labute approximate surface area is 217 Å². The molecule has 2 unspecified atom stereocenters. The number of rotatable bonds is 8. The Balaban J connectivity index is 1.97. The number of fused-ring (bicyclic) bond motifs is 2. The molecule has 0 radical (unpaired) electrons. The van der Waals surface area contributed by atoms with Crippen molar-refractivity contribution >= 4 is 40.4 Å². The fourth-order valence-electron chi connectivity index (χ4n) is 5.21. The van der Waals surface area contributed by atoms with Crippen LogP contribution >= 0.6 is 12.2 Å². The first-order valence-electron chi connectivity index (χ1n) is 12.5. The van der Waals surface area contributed by atoms with E-state index >= 15 is 0 Å². The van der Waals surface area contributed by atoms with Crippen molar-refractivity contribution in [2.45, 2.75) is 33.6 Å². The van der Waals surface area contributed by atoms with E-state index in [1.165, 1.54) is 0 Å².